The van der Waals surface area contributed by atoms with E-state index in [9.17, 15) is 4.79 Å². The van der Waals surface area contributed by atoms with E-state index in [1.165, 1.54) is 0 Å². The summed E-state index contributed by atoms with van der Waals surface area (Å²) in [5, 5.41) is 12.0. The van der Waals surface area contributed by atoms with Gasteiger partial charge in [0.2, 0.25) is 5.91 Å². The van der Waals surface area contributed by atoms with Crippen LogP contribution < -0.4 is 11.1 Å². The van der Waals surface area contributed by atoms with Gasteiger partial charge < -0.3 is 16.2 Å². The van der Waals surface area contributed by atoms with Crippen molar-refractivity contribution in [2.45, 2.75) is 58.8 Å². The molecule has 4 nitrogen and oxygen atoms in total. The van der Waals surface area contributed by atoms with Gasteiger partial charge in [-0.25, -0.2) is 0 Å². The van der Waals surface area contributed by atoms with E-state index in [4.69, 9.17) is 10.8 Å². The number of nitrogens with one attached hydrogen (secondary N) is 1. The van der Waals surface area contributed by atoms with Gasteiger partial charge in [-0.05, 0) is 44.1 Å². The lowest BCUT2D eigenvalue weighted by molar-refractivity contribution is -0.121. The van der Waals surface area contributed by atoms with Gasteiger partial charge in [0.1, 0.15) is 0 Å². The Balaban J connectivity index is 3.83. The third kappa shape index (κ3) is 9.91. The van der Waals surface area contributed by atoms with E-state index in [1.54, 1.807) is 0 Å². The lowest BCUT2D eigenvalue weighted by atomic mass is 9.96. The molecule has 0 aromatic rings. The average molecular weight is 272 g/mol. The van der Waals surface area contributed by atoms with E-state index >= 15 is 0 Å². The molecule has 0 rings (SSSR count). The van der Waals surface area contributed by atoms with Gasteiger partial charge in [0.25, 0.3) is 0 Å². The second-order valence-corrected chi connectivity index (χ2v) is 5.36. The van der Waals surface area contributed by atoms with Crippen molar-refractivity contribution in [1.82, 2.24) is 5.32 Å². The summed E-state index contributed by atoms with van der Waals surface area (Å²) >= 11 is 0. The Hall–Kier alpha value is -0.610. The molecular weight excluding hydrogens is 240 g/mol. The molecule has 0 saturated carbocycles. The van der Waals surface area contributed by atoms with Crippen molar-refractivity contribution < 1.29 is 9.90 Å². The summed E-state index contributed by atoms with van der Waals surface area (Å²) in [4.78, 5) is 11.8. The van der Waals surface area contributed by atoms with E-state index in [-0.39, 0.29) is 12.5 Å². The van der Waals surface area contributed by atoms with E-state index in [0.29, 0.717) is 31.3 Å². The highest BCUT2D eigenvalue weighted by atomic mass is 16.3. The summed E-state index contributed by atoms with van der Waals surface area (Å²) in [6.07, 6.45) is 6.55. The molecule has 2 atom stereocenters. The van der Waals surface area contributed by atoms with Crippen LogP contribution in [-0.4, -0.2) is 30.7 Å². The van der Waals surface area contributed by atoms with E-state index in [0.717, 1.165) is 38.5 Å². The fourth-order valence-electron chi connectivity index (χ4n) is 2.41. The zero-order chi connectivity index (χ0) is 14.5. The molecule has 0 saturated heterocycles. The Bertz CT molecular complexity index is 216. The maximum atomic E-state index is 11.8. The minimum atomic E-state index is 0.134. The molecule has 0 spiro atoms. The Morgan fingerprint density at radius 3 is 2.42 bits per heavy atom. The second kappa shape index (κ2) is 12.4. The molecule has 114 valence electrons. The molecule has 4 N–H and O–H groups in total. The quantitative estimate of drug-likeness (QED) is 0.509. The lowest BCUT2D eigenvalue weighted by Gasteiger charge is -2.17. The van der Waals surface area contributed by atoms with Gasteiger partial charge in [0.05, 0.1) is 0 Å². The first-order valence-corrected chi connectivity index (χ1v) is 7.75. The zero-order valence-electron chi connectivity index (χ0n) is 12.7. The Morgan fingerprint density at radius 1 is 1.16 bits per heavy atom. The molecule has 0 aromatic carbocycles. The molecule has 0 aliphatic carbocycles. The molecule has 19 heavy (non-hydrogen) atoms. The van der Waals surface area contributed by atoms with Crippen molar-refractivity contribution in [2.24, 2.45) is 17.6 Å². The van der Waals surface area contributed by atoms with Gasteiger partial charge in [-0.2, -0.15) is 0 Å². The van der Waals surface area contributed by atoms with Crippen molar-refractivity contribution in [3.05, 3.63) is 0 Å². The van der Waals surface area contributed by atoms with E-state index < -0.39 is 0 Å². The van der Waals surface area contributed by atoms with Crippen molar-refractivity contribution in [3.8, 4) is 0 Å². The SMILES string of the molecule is CCCC(CCO)CNC(=O)CCC(CC)CCN. The van der Waals surface area contributed by atoms with E-state index in [1.807, 2.05) is 0 Å². The zero-order valence-corrected chi connectivity index (χ0v) is 12.7. The first-order valence-electron chi connectivity index (χ1n) is 7.75. The van der Waals surface area contributed by atoms with Gasteiger partial charge in [-0.1, -0.05) is 26.7 Å². The van der Waals surface area contributed by atoms with Crippen LogP contribution in [0.15, 0.2) is 0 Å². The molecule has 0 aliphatic rings. The largest absolute Gasteiger partial charge is 0.396 e. The summed E-state index contributed by atoms with van der Waals surface area (Å²) in [6.45, 7) is 5.88. The first-order chi connectivity index (χ1) is 9.17. The number of aliphatic hydroxyl groups excluding tert-OH is 1. The number of amides is 1. The predicted octanol–water partition coefficient (Wildman–Crippen LogP) is 2.06. The number of hydrogen-bond donors (Lipinski definition) is 3. The number of nitrogens with two attached hydrogens (primary N) is 1. The highest BCUT2D eigenvalue weighted by molar-refractivity contribution is 5.75. The molecule has 0 aliphatic heterocycles. The van der Waals surface area contributed by atoms with Crippen LogP contribution in [0.5, 0.6) is 0 Å². The van der Waals surface area contributed by atoms with Crippen LogP contribution in [0.3, 0.4) is 0 Å². The number of carbonyl (C=O) groups excluding carboxylic acids is 1. The van der Waals surface area contributed by atoms with Crippen molar-refractivity contribution in [2.75, 3.05) is 19.7 Å². The third-order valence-electron chi connectivity index (χ3n) is 3.75. The number of aliphatic hydroxyl groups is 1. The summed E-state index contributed by atoms with van der Waals surface area (Å²) in [7, 11) is 0. The Kier molecular flexibility index (Phi) is 12.0. The fraction of sp³-hybridized carbons (Fsp3) is 0.933. The van der Waals surface area contributed by atoms with Crippen molar-refractivity contribution in [3.63, 3.8) is 0 Å². The maximum absolute atomic E-state index is 11.8. The van der Waals surface area contributed by atoms with Gasteiger partial charge in [0.15, 0.2) is 0 Å². The van der Waals surface area contributed by atoms with Crippen LogP contribution in [-0.2, 0) is 4.79 Å². The lowest BCUT2D eigenvalue weighted by Crippen LogP contribution is -2.30. The molecule has 0 bridgehead atoms. The van der Waals surface area contributed by atoms with Crippen molar-refractivity contribution >= 4 is 5.91 Å². The average Bonchev–Trinajstić information content (AvgIpc) is 2.41. The van der Waals surface area contributed by atoms with Gasteiger partial charge in [-0.15, -0.1) is 0 Å². The molecule has 0 aromatic heterocycles. The monoisotopic (exact) mass is 272 g/mol. The molecular formula is C15H32N2O2. The highest BCUT2D eigenvalue weighted by Crippen LogP contribution is 2.14. The number of rotatable bonds is 12. The molecule has 2 unspecified atom stereocenters. The number of hydrogen-bond acceptors (Lipinski definition) is 3. The van der Waals surface area contributed by atoms with Crippen LogP contribution in [0.1, 0.15) is 58.8 Å². The third-order valence-corrected chi connectivity index (χ3v) is 3.75. The van der Waals surface area contributed by atoms with Crippen LogP contribution >= 0.6 is 0 Å². The smallest absolute Gasteiger partial charge is 0.220 e. The summed E-state index contributed by atoms with van der Waals surface area (Å²) in [5.74, 6) is 1.11. The van der Waals surface area contributed by atoms with Crippen LogP contribution in [0.4, 0.5) is 0 Å². The Morgan fingerprint density at radius 2 is 1.89 bits per heavy atom. The maximum Gasteiger partial charge on any atom is 0.220 e. The van der Waals surface area contributed by atoms with Crippen LogP contribution in [0, 0.1) is 11.8 Å². The van der Waals surface area contributed by atoms with Gasteiger partial charge in [0, 0.05) is 19.6 Å². The Labute approximate surface area is 118 Å². The highest BCUT2D eigenvalue weighted by Gasteiger charge is 2.11. The second-order valence-electron chi connectivity index (χ2n) is 5.36. The van der Waals surface area contributed by atoms with Gasteiger partial charge >= 0.3 is 0 Å². The summed E-state index contributed by atoms with van der Waals surface area (Å²) in [6, 6.07) is 0. The first kappa shape index (κ1) is 18.4. The number of carbonyl (C=O) groups is 1. The fourth-order valence-corrected chi connectivity index (χ4v) is 2.41. The summed E-state index contributed by atoms with van der Waals surface area (Å²) in [5.41, 5.74) is 5.55. The molecule has 4 heteroatoms. The van der Waals surface area contributed by atoms with Crippen LogP contribution in [0.25, 0.3) is 0 Å². The minimum Gasteiger partial charge on any atom is -0.396 e. The van der Waals surface area contributed by atoms with E-state index in [2.05, 4.69) is 19.2 Å². The molecule has 0 heterocycles. The predicted molar refractivity (Wildman–Crippen MR) is 79.8 cm³/mol. The standard InChI is InChI=1S/C15H32N2O2/c1-3-5-14(9-11-18)12-17-15(19)7-6-13(4-2)8-10-16/h13-14,18H,3-12,16H2,1-2H3,(H,17,19). The topological polar surface area (TPSA) is 75.3 Å². The molecule has 1 amide bonds. The normalized spacial score (nSPS) is 14.1. The molecule has 0 radical (unpaired) electrons. The van der Waals surface area contributed by atoms with Crippen molar-refractivity contribution in [1.29, 1.82) is 0 Å². The minimum absolute atomic E-state index is 0.134. The molecule has 0 fully saturated rings. The van der Waals surface area contributed by atoms with Gasteiger partial charge in [-0.3, -0.25) is 4.79 Å². The summed E-state index contributed by atoms with van der Waals surface area (Å²) < 4.78 is 0. The van der Waals surface area contributed by atoms with Crippen LogP contribution in [0.2, 0.25) is 0 Å².